The van der Waals surface area contributed by atoms with Crippen LogP contribution in [0.5, 0.6) is 0 Å². The number of hydrogen-bond donors (Lipinski definition) is 1. The van der Waals surface area contributed by atoms with Crippen LogP contribution in [-0.2, 0) is 22.7 Å². The van der Waals surface area contributed by atoms with Crippen molar-refractivity contribution in [1.29, 1.82) is 0 Å². The Morgan fingerprint density at radius 1 is 1.17 bits per heavy atom. The summed E-state index contributed by atoms with van der Waals surface area (Å²) in [6, 6.07) is 5.28. The zero-order chi connectivity index (χ0) is 13.8. The number of ketones is 1. The fraction of sp³-hybridized carbons (Fsp3) is 0.500. The third-order valence-corrected chi connectivity index (χ3v) is 2.62. The molecular weight excluding hydrogens is 232 g/mol. The molecule has 0 unspecified atom stereocenters. The van der Waals surface area contributed by atoms with E-state index in [0.717, 1.165) is 11.1 Å². The predicted molar refractivity (Wildman–Crippen MR) is 68.5 cm³/mol. The highest BCUT2D eigenvalue weighted by atomic mass is 16.5. The van der Waals surface area contributed by atoms with Crippen molar-refractivity contribution in [3.8, 4) is 0 Å². The molecule has 0 heterocycles. The molecular formula is C14H20O4. The molecule has 4 nitrogen and oxygen atoms in total. The first-order valence-corrected chi connectivity index (χ1v) is 5.77. The fourth-order valence-corrected chi connectivity index (χ4v) is 1.71. The molecule has 0 saturated carbocycles. The molecule has 1 aromatic carbocycles. The minimum absolute atomic E-state index is 0.302. The van der Waals surface area contributed by atoms with E-state index in [9.17, 15) is 9.90 Å². The number of hydrogen-bond acceptors (Lipinski definition) is 4. The van der Waals surface area contributed by atoms with Gasteiger partial charge in [0.1, 0.15) is 5.60 Å². The molecule has 0 aliphatic rings. The van der Waals surface area contributed by atoms with Crippen LogP contribution in [0.2, 0.25) is 0 Å². The molecule has 0 atom stereocenters. The normalized spacial score (nSPS) is 11.6. The van der Waals surface area contributed by atoms with Crippen LogP contribution in [0.25, 0.3) is 0 Å². The van der Waals surface area contributed by atoms with Crippen LogP contribution < -0.4 is 0 Å². The second-order valence-electron chi connectivity index (χ2n) is 4.74. The molecule has 4 heteroatoms. The number of aliphatic hydroxyl groups is 1. The zero-order valence-corrected chi connectivity index (χ0v) is 11.3. The lowest BCUT2D eigenvalue weighted by Crippen LogP contribution is -2.31. The maximum absolute atomic E-state index is 12.0. The third-order valence-electron chi connectivity index (χ3n) is 2.62. The summed E-state index contributed by atoms with van der Waals surface area (Å²) in [5.41, 5.74) is 0.989. The van der Waals surface area contributed by atoms with Crippen LogP contribution in [0.3, 0.4) is 0 Å². The Kier molecular flexibility index (Phi) is 5.02. The Balaban J connectivity index is 3.10. The number of carbonyl (C=O) groups excluding carboxylic acids is 1. The Bertz CT molecular complexity index is 418. The highest BCUT2D eigenvalue weighted by Crippen LogP contribution is 2.18. The molecule has 0 saturated heterocycles. The van der Waals surface area contributed by atoms with E-state index in [4.69, 9.17) is 9.47 Å². The summed E-state index contributed by atoms with van der Waals surface area (Å²) >= 11 is 0. The van der Waals surface area contributed by atoms with E-state index >= 15 is 0 Å². The lowest BCUT2D eigenvalue weighted by molar-refractivity contribution is 0.0487. The second-order valence-corrected chi connectivity index (χ2v) is 4.74. The van der Waals surface area contributed by atoms with Crippen molar-refractivity contribution >= 4 is 5.78 Å². The average Bonchev–Trinajstić information content (AvgIpc) is 2.30. The number of ether oxygens (including phenoxy) is 2. The van der Waals surface area contributed by atoms with Gasteiger partial charge >= 0.3 is 0 Å². The quantitative estimate of drug-likeness (QED) is 0.786. The molecule has 1 N–H and O–H groups in total. The van der Waals surface area contributed by atoms with Crippen molar-refractivity contribution in [2.45, 2.75) is 32.7 Å². The van der Waals surface area contributed by atoms with Crippen LogP contribution in [0.1, 0.15) is 35.3 Å². The summed E-state index contributed by atoms with van der Waals surface area (Å²) in [6.07, 6.45) is 0. The van der Waals surface area contributed by atoms with Gasteiger partial charge in [-0.2, -0.15) is 0 Å². The van der Waals surface area contributed by atoms with Gasteiger partial charge in [0.25, 0.3) is 0 Å². The molecule has 100 valence electrons. The summed E-state index contributed by atoms with van der Waals surface area (Å²) in [5.74, 6) is -0.302. The number of carbonyl (C=O) groups is 1. The Morgan fingerprint density at radius 2 is 1.72 bits per heavy atom. The molecule has 0 aliphatic heterocycles. The highest BCUT2D eigenvalue weighted by Gasteiger charge is 2.25. The predicted octanol–water partition coefficient (Wildman–Crippen LogP) is 1.93. The van der Waals surface area contributed by atoms with Gasteiger partial charge in [0.05, 0.1) is 13.2 Å². The maximum atomic E-state index is 12.0. The smallest absolute Gasteiger partial charge is 0.193 e. The largest absolute Gasteiger partial charge is 0.382 e. The minimum Gasteiger partial charge on any atom is -0.382 e. The number of rotatable bonds is 6. The molecule has 0 fully saturated rings. The van der Waals surface area contributed by atoms with E-state index < -0.39 is 5.60 Å². The van der Waals surface area contributed by atoms with Crippen molar-refractivity contribution < 1.29 is 19.4 Å². The fourth-order valence-electron chi connectivity index (χ4n) is 1.71. The van der Waals surface area contributed by atoms with E-state index in [1.807, 2.05) is 6.07 Å². The van der Waals surface area contributed by atoms with E-state index in [1.54, 1.807) is 26.4 Å². The van der Waals surface area contributed by atoms with E-state index in [2.05, 4.69) is 0 Å². The minimum atomic E-state index is -1.37. The topological polar surface area (TPSA) is 55.8 Å². The Labute approximate surface area is 108 Å². The summed E-state index contributed by atoms with van der Waals surface area (Å²) in [5, 5.41) is 9.73. The number of Topliss-reactive ketones (excluding diaryl/α,β-unsaturated/α-hetero) is 1. The first kappa shape index (κ1) is 14.8. The standard InChI is InChI=1S/C14H20O4/c1-14(2,16)13(15)10-5-6-11(8-17-3)12(7-10)9-18-4/h5-7,16H,8-9H2,1-4H3. The van der Waals surface area contributed by atoms with Crippen LogP contribution in [0.15, 0.2) is 18.2 Å². The SMILES string of the molecule is COCc1ccc(C(=O)C(C)(C)O)cc1COC. The molecule has 0 spiro atoms. The summed E-state index contributed by atoms with van der Waals surface area (Å²) < 4.78 is 10.2. The zero-order valence-electron chi connectivity index (χ0n) is 11.3. The molecule has 0 aromatic heterocycles. The van der Waals surface area contributed by atoms with Gasteiger partial charge in [0.2, 0.25) is 0 Å². The molecule has 18 heavy (non-hydrogen) atoms. The molecule has 0 amide bonds. The van der Waals surface area contributed by atoms with Crippen molar-refractivity contribution in [3.63, 3.8) is 0 Å². The molecule has 1 rings (SSSR count). The van der Waals surface area contributed by atoms with Crippen LogP contribution in [0.4, 0.5) is 0 Å². The van der Waals surface area contributed by atoms with Gasteiger partial charge in [0.15, 0.2) is 5.78 Å². The van der Waals surface area contributed by atoms with E-state index in [0.29, 0.717) is 18.8 Å². The first-order chi connectivity index (χ1) is 8.40. The monoisotopic (exact) mass is 252 g/mol. The van der Waals surface area contributed by atoms with Crippen molar-refractivity contribution in [3.05, 3.63) is 34.9 Å². The van der Waals surface area contributed by atoms with Gasteiger partial charge in [-0.05, 0) is 31.0 Å². The van der Waals surface area contributed by atoms with Crippen molar-refractivity contribution in [2.24, 2.45) is 0 Å². The van der Waals surface area contributed by atoms with Gasteiger partial charge in [-0.25, -0.2) is 0 Å². The number of methoxy groups -OCH3 is 2. The molecule has 0 radical (unpaired) electrons. The lowest BCUT2D eigenvalue weighted by Gasteiger charge is -2.17. The Hall–Kier alpha value is -1.23. The van der Waals surface area contributed by atoms with Crippen LogP contribution >= 0.6 is 0 Å². The molecule has 1 aromatic rings. The highest BCUT2D eigenvalue weighted by molar-refractivity contribution is 6.01. The van der Waals surface area contributed by atoms with E-state index in [1.165, 1.54) is 13.8 Å². The summed E-state index contributed by atoms with van der Waals surface area (Å²) in [6.45, 7) is 3.84. The van der Waals surface area contributed by atoms with E-state index in [-0.39, 0.29) is 5.78 Å². The Morgan fingerprint density at radius 3 is 2.22 bits per heavy atom. The van der Waals surface area contributed by atoms with Gasteiger partial charge in [-0.15, -0.1) is 0 Å². The van der Waals surface area contributed by atoms with Gasteiger partial charge in [0, 0.05) is 19.8 Å². The summed E-state index contributed by atoms with van der Waals surface area (Å²) in [7, 11) is 3.22. The van der Waals surface area contributed by atoms with Crippen LogP contribution in [0, 0.1) is 0 Å². The molecule has 0 bridgehead atoms. The lowest BCUT2D eigenvalue weighted by atomic mass is 9.94. The third kappa shape index (κ3) is 3.63. The van der Waals surface area contributed by atoms with Gasteiger partial charge in [-0.1, -0.05) is 12.1 Å². The summed E-state index contributed by atoms with van der Waals surface area (Å²) in [4.78, 5) is 12.0. The maximum Gasteiger partial charge on any atom is 0.193 e. The molecule has 0 aliphatic carbocycles. The van der Waals surface area contributed by atoms with Crippen molar-refractivity contribution in [2.75, 3.05) is 14.2 Å². The van der Waals surface area contributed by atoms with Gasteiger partial charge in [-0.3, -0.25) is 4.79 Å². The van der Waals surface area contributed by atoms with Gasteiger partial charge < -0.3 is 14.6 Å². The average molecular weight is 252 g/mol. The van der Waals surface area contributed by atoms with Crippen molar-refractivity contribution in [1.82, 2.24) is 0 Å². The number of benzene rings is 1. The van der Waals surface area contributed by atoms with Crippen LogP contribution in [-0.4, -0.2) is 30.7 Å². The first-order valence-electron chi connectivity index (χ1n) is 5.77. The second kappa shape index (κ2) is 6.09.